The van der Waals surface area contributed by atoms with Crippen LogP contribution in [0, 0.1) is 11.3 Å². The number of aromatic nitrogens is 1. The van der Waals surface area contributed by atoms with Gasteiger partial charge >= 0.3 is 5.51 Å². The van der Waals surface area contributed by atoms with Crippen molar-refractivity contribution in [3.63, 3.8) is 0 Å². The molecule has 1 aromatic heterocycles. The number of nitrogens with zero attached hydrogens (tertiary/aromatic N) is 2. The molecule has 1 aliphatic carbocycles. The summed E-state index contributed by atoms with van der Waals surface area (Å²) in [6.45, 7) is 4.00. The number of ether oxygens (including phenoxy) is 1. The Morgan fingerprint density at radius 2 is 1.96 bits per heavy atom. The quantitative estimate of drug-likeness (QED) is 0.519. The van der Waals surface area contributed by atoms with Gasteiger partial charge in [-0.05, 0) is 23.9 Å². The van der Waals surface area contributed by atoms with Gasteiger partial charge in [0.25, 0.3) is 5.92 Å². The molecule has 1 heterocycles. The molecule has 3 rings (SSSR count). The summed E-state index contributed by atoms with van der Waals surface area (Å²) >= 11 is -0.573. The maximum absolute atomic E-state index is 13.9. The van der Waals surface area contributed by atoms with Crippen LogP contribution in [-0.4, -0.2) is 21.5 Å². The topological polar surface area (TPSA) is 66.1 Å². The highest BCUT2D eigenvalue weighted by molar-refractivity contribution is 8.00. The fraction of sp³-hybridized carbons (Fsp3) is 0.333. The Morgan fingerprint density at radius 3 is 2.57 bits per heavy atom. The van der Waals surface area contributed by atoms with Crippen molar-refractivity contribution in [1.82, 2.24) is 4.98 Å². The van der Waals surface area contributed by atoms with Crippen LogP contribution in [0.25, 0.3) is 0 Å². The zero-order valence-corrected chi connectivity index (χ0v) is 15.5. The number of rotatable bonds is 3. The number of pyridine rings is 1. The molecule has 0 saturated heterocycles. The van der Waals surface area contributed by atoms with E-state index in [2.05, 4.69) is 4.98 Å². The van der Waals surface area contributed by atoms with Crippen LogP contribution in [0.2, 0.25) is 0 Å². The highest BCUT2D eigenvalue weighted by Gasteiger charge is 2.50. The Bertz CT molecular complexity index is 897. The van der Waals surface area contributed by atoms with Gasteiger partial charge in [-0.15, -0.1) is 0 Å². The molecular formula is C18H15F5N2O2S. The van der Waals surface area contributed by atoms with Gasteiger partial charge in [-0.3, -0.25) is 4.98 Å². The Morgan fingerprint density at radius 1 is 1.29 bits per heavy atom. The Balaban J connectivity index is 0.00000136. The predicted molar refractivity (Wildman–Crippen MR) is 92.3 cm³/mol. The number of fused-ring (bicyclic) bond motifs is 1. The number of benzene rings is 1. The van der Waals surface area contributed by atoms with Crippen LogP contribution in [0.5, 0.6) is 11.5 Å². The SMILES string of the molecule is CC.N#Cc1cncc(Oc2ccc(SC(F)(F)F)c3c2CC(F)(F)C3O)c1. The third-order valence-corrected chi connectivity index (χ3v) is 4.46. The second kappa shape index (κ2) is 8.32. The second-order valence-corrected chi connectivity index (χ2v) is 6.57. The van der Waals surface area contributed by atoms with Crippen LogP contribution in [0.1, 0.15) is 36.6 Å². The van der Waals surface area contributed by atoms with Gasteiger partial charge in [-0.25, -0.2) is 8.78 Å². The monoisotopic (exact) mass is 418 g/mol. The average molecular weight is 418 g/mol. The number of alkyl halides is 5. The molecule has 150 valence electrons. The van der Waals surface area contributed by atoms with Crippen molar-refractivity contribution in [3.05, 3.63) is 47.3 Å². The van der Waals surface area contributed by atoms with Crippen molar-refractivity contribution in [1.29, 1.82) is 5.26 Å². The van der Waals surface area contributed by atoms with Crippen LogP contribution in [0.15, 0.2) is 35.5 Å². The number of aliphatic hydroxyl groups excluding tert-OH is 1. The van der Waals surface area contributed by atoms with Gasteiger partial charge in [0.15, 0.2) is 0 Å². The first-order chi connectivity index (χ1) is 13.1. The molecule has 0 fully saturated rings. The van der Waals surface area contributed by atoms with Gasteiger partial charge < -0.3 is 9.84 Å². The number of hydrogen-bond donors (Lipinski definition) is 1. The molecule has 0 spiro atoms. The van der Waals surface area contributed by atoms with E-state index in [0.717, 1.165) is 12.1 Å². The lowest BCUT2D eigenvalue weighted by molar-refractivity contribution is -0.0977. The Hall–Kier alpha value is -2.38. The molecule has 1 unspecified atom stereocenters. The molecule has 1 aromatic carbocycles. The van der Waals surface area contributed by atoms with Crippen molar-refractivity contribution in [2.75, 3.05) is 0 Å². The third-order valence-electron chi connectivity index (χ3n) is 3.66. The van der Waals surface area contributed by atoms with E-state index in [1.54, 1.807) is 0 Å². The van der Waals surface area contributed by atoms with Gasteiger partial charge in [0.1, 0.15) is 23.7 Å². The van der Waals surface area contributed by atoms with Crippen molar-refractivity contribution in [2.24, 2.45) is 0 Å². The summed E-state index contributed by atoms with van der Waals surface area (Å²) in [5.41, 5.74) is -5.24. The molecule has 2 aromatic rings. The first-order valence-electron chi connectivity index (χ1n) is 8.11. The van der Waals surface area contributed by atoms with E-state index in [1.165, 1.54) is 18.5 Å². The first-order valence-corrected chi connectivity index (χ1v) is 8.93. The summed E-state index contributed by atoms with van der Waals surface area (Å²) in [6, 6.07) is 5.23. The maximum atomic E-state index is 13.9. The minimum Gasteiger partial charge on any atom is -0.455 e. The fourth-order valence-corrected chi connectivity index (χ4v) is 3.35. The molecule has 0 bridgehead atoms. The number of hydrogen-bond acceptors (Lipinski definition) is 5. The standard InChI is InChI=1S/C16H9F5N2O2S.C2H6/c17-15(18)4-10-11(25-9-3-8(5-22)6-23-7-9)1-2-12(13(10)14(15)24)26-16(19,20)21;1-2/h1-3,6-7,14,24H,4H2;1-2H3. The Labute approximate surface area is 162 Å². The van der Waals surface area contributed by atoms with Crippen LogP contribution >= 0.6 is 11.8 Å². The smallest absolute Gasteiger partial charge is 0.446 e. The summed E-state index contributed by atoms with van der Waals surface area (Å²) < 4.78 is 71.4. The van der Waals surface area contributed by atoms with E-state index in [1.807, 2.05) is 19.9 Å². The lowest BCUT2D eigenvalue weighted by Crippen LogP contribution is -2.21. The van der Waals surface area contributed by atoms with Gasteiger partial charge in [0.2, 0.25) is 0 Å². The van der Waals surface area contributed by atoms with Crippen molar-refractivity contribution in [2.45, 2.75) is 42.7 Å². The number of halogens is 5. The summed E-state index contributed by atoms with van der Waals surface area (Å²) in [4.78, 5) is 3.25. The number of thioether (sulfide) groups is 1. The van der Waals surface area contributed by atoms with E-state index in [-0.39, 0.29) is 22.6 Å². The molecule has 28 heavy (non-hydrogen) atoms. The summed E-state index contributed by atoms with van der Waals surface area (Å²) in [7, 11) is 0. The van der Waals surface area contributed by atoms with Crippen molar-refractivity contribution in [3.8, 4) is 17.6 Å². The van der Waals surface area contributed by atoms with E-state index in [9.17, 15) is 27.1 Å². The van der Waals surface area contributed by atoms with Gasteiger partial charge in [-0.2, -0.15) is 18.4 Å². The Kier molecular flexibility index (Phi) is 6.52. The second-order valence-electron chi connectivity index (χ2n) is 5.47. The van der Waals surface area contributed by atoms with Crippen molar-refractivity contribution < 1.29 is 31.8 Å². The number of nitriles is 1. The summed E-state index contributed by atoms with van der Waals surface area (Å²) in [5.74, 6) is -3.68. The van der Waals surface area contributed by atoms with E-state index >= 15 is 0 Å². The zero-order chi connectivity index (χ0) is 21.1. The fourth-order valence-electron chi connectivity index (χ4n) is 2.62. The average Bonchev–Trinajstić information content (AvgIpc) is 2.88. The van der Waals surface area contributed by atoms with E-state index < -0.39 is 46.2 Å². The van der Waals surface area contributed by atoms with Crippen LogP contribution in [-0.2, 0) is 6.42 Å². The van der Waals surface area contributed by atoms with Gasteiger partial charge in [0.05, 0.1) is 11.8 Å². The van der Waals surface area contributed by atoms with E-state index in [4.69, 9.17) is 10.00 Å². The molecule has 0 radical (unpaired) electrons. The highest BCUT2D eigenvalue weighted by Crippen LogP contribution is 2.52. The molecule has 1 N–H and O–H groups in total. The molecule has 0 amide bonds. The van der Waals surface area contributed by atoms with Gasteiger partial charge in [-0.1, -0.05) is 13.8 Å². The maximum Gasteiger partial charge on any atom is 0.446 e. The van der Waals surface area contributed by atoms with E-state index in [0.29, 0.717) is 0 Å². The first kappa shape index (κ1) is 21.9. The minimum absolute atomic E-state index is 0.0622. The zero-order valence-electron chi connectivity index (χ0n) is 14.7. The lowest BCUT2D eigenvalue weighted by atomic mass is 10.1. The molecule has 0 saturated carbocycles. The van der Waals surface area contributed by atoms with Crippen LogP contribution in [0.3, 0.4) is 0 Å². The minimum atomic E-state index is -4.70. The highest BCUT2D eigenvalue weighted by atomic mass is 32.2. The molecule has 10 heteroatoms. The lowest BCUT2D eigenvalue weighted by Gasteiger charge is -2.17. The largest absolute Gasteiger partial charge is 0.455 e. The van der Waals surface area contributed by atoms with Crippen LogP contribution in [0.4, 0.5) is 22.0 Å². The molecule has 4 nitrogen and oxygen atoms in total. The summed E-state index contributed by atoms with van der Waals surface area (Å²) in [5, 5.41) is 18.7. The molecule has 0 aliphatic heterocycles. The normalized spacial score (nSPS) is 17.2. The third kappa shape index (κ3) is 4.72. The van der Waals surface area contributed by atoms with Gasteiger partial charge in [0, 0.05) is 34.7 Å². The van der Waals surface area contributed by atoms with Crippen LogP contribution < -0.4 is 4.74 Å². The predicted octanol–water partition coefficient (Wildman–Crippen LogP) is 5.61. The summed E-state index contributed by atoms with van der Waals surface area (Å²) in [6.07, 6.45) is -0.835. The molecule has 1 aliphatic rings. The molecular weight excluding hydrogens is 403 g/mol. The number of aliphatic hydroxyl groups is 1. The van der Waals surface area contributed by atoms with Crippen molar-refractivity contribution >= 4 is 11.8 Å². The molecule has 1 atom stereocenters.